The van der Waals surface area contributed by atoms with E-state index < -0.39 is 0 Å². The second-order valence-corrected chi connectivity index (χ2v) is 5.17. The summed E-state index contributed by atoms with van der Waals surface area (Å²) < 4.78 is 10.7. The molecule has 0 aromatic carbocycles. The summed E-state index contributed by atoms with van der Waals surface area (Å²) in [4.78, 5) is 4.15. The van der Waals surface area contributed by atoms with Crippen LogP contribution in [-0.4, -0.2) is 36.0 Å². The van der Waals surface area contributed by atoms with Gasteiger partial charge >= 0.3 is 0 Å². The second-order valence-electron chi connectivity index (χ2n) is 5.17. The minimum atomic E-state index is -0.374. The maximum atomic E-state index is 9.39. The van der Waals surface area contributed by atoms with Gasteiger partial charge in [0.05, 0.1) is 24.7 Å². The molecule has 0 aliphatic carbocycles. The number of piperazine rings is 1. The van der Waals surface area contributed by atoms with E-state index in [1.54, 1.807) is 24.7 Å². The molecule has 1 saturated heterocycles. The Morgan fingerprint density at radius 3 is 1.50 bits per heavy atom. The summed E-state index contributed by atoms with van der Waals surface area (Å²) in [5.41, 5.74) is 0. The van der Waals surface area contributed by atoms with E-state index in [4.69, 9.17) is 8.83 Å². The van der Waals surface area contributed by atoms with Crippen molar-refractivity contribution in [3.8, 4) is 12.1 Å². The van der Waals surface area contributed by atoms with E-state index in [-0.39, 0.29) is 12.1 Å². The maximum Gasteiger partial charge on any atom is 0.156 e. The summed E-state index contributed by atoms with van der Waals surface area (Å²) in [5.74, 6) is 1.33. The first-order chi connectivity index (χ1) is 10.8. The van der Waals surface area contributed by atoms with E-state index in [0.29, 0.717) is 37.7 Å². The molecule has 2 aromatic rings. The van der Waals surface area contributed by atoms with Gasteiger partial charge in [0.25, 0.3) is 0 Å². The molecule has 0 radical (unpaired) electrons. The fourth-order valence-corrected chi connectivity index (χ4v) is 2.80. The van der Waals surface area contributed by atoms with E-state index >= 15 is 0 Å². The minimum absolute atomic E-state index is 0.374. The number of rotatable bonds is 4. The van der Waals surface area contributed by atoms with Gasteiger partial charge in [-0.25, -0.2) is 0 Å². The van der Waals surface area contributed by atoms with Crippen LogP contribution in [0.25, 0.3) is 0 Å². The van der Waals surface area contributed by atoms with E-state index in [1.807, 2.05) is 12.1 Å². The predicted molar refractivity (Wildman–Crippen MR) is 77.3 cm³/mol. The van der Waals surface area contributed by atoms with Crippen LogP contribution in [0.2, 0.25) is 0 Å². The standard InChI is InChI=1S/C16H16N4O2/c17-11-13(15-3-1-9-21-15)19-5-7-20(8-6-19)14(12-18)16-4-2-10-22-16/h1-4,9-10,13-14H,5-8H2. The Morgan fingerprint density at radius 1 is 0.818 bits per heavy atom. The van der Waals surface area contributed by atoms with Crippen LogP contribution in [0.4, 0.5) is 0 Å². The lowest BCUT2D eigenvalue weighted by Crippen LogP contribution is -2.48. The predicted octanol–water partition coefficient (Wildman–Crippen LogP) is 2.32. The molecule has 0 N–H and O–H groups in total. The van der Waals surface area contributed by atoms with Gasteiger partial charge in [-0.1, -0.05) is 0 Å². The average Bonchev–Trinajstić information content (AvgIpc) is 3.24. The molecule has 1 fully saturated rings. The first-order valence-electron chi connectivity index (χ1n) is 7.17. The van der Waals surface area contributed by atoms with Crippen LogP contribution >= 0.6 is 0 Å². The quantitative estimate of drug-likeness (QED) is 0.861. The Hall–Kier alpha value is -2.54. The molecule has 2 aromatic heterocycles. The highest BCUT2D eigenvalue weighted by molar-refractivity contribution is 5.15. The van der Waals surface area contributed by atoms with Crippen molar-refractivity contribution >= 4 is 0 Å². The van der Waals surface area contributed by atoms with Gasteiger partial charge in [-0.15, -0.1) is 0 Å². The number of furan rings is 2. The number of hydrogen-bond donors (Lipinski definition) is 0. The third-order valence-corrected chi connectivity index (χ3v) is 3.95. The van der Waals surface area contributed by atoms with E-state index in [0.717, 1.165) is 0 Å². The van der Waals surface area contributed by atoms with E-state index in [2.05, 4.69) is 21.9 Å². The summed E-state index contributed by atoms with van der Waals surface area (Å²) >= 11 is 0. The molecule has 0 spiro atoms. The maximum absolute atomic E-state index is 9.39. The molecule has 2 unspecified atom stereocenters. The Balaban J connectivity index is 1.65. The van der Waals surface area contributed by atoms with Gasteiger partial charge in [0.1, 0.15) is 11.5 Å². The van der Waals surface area contributed by atoms with Gasteiger partial charge in [-0.2, -0.15) is 10.5 Å². The van der Waals surface area contributed by atoms with Crippen molar-refractivity contribution in [3.63, 3.8) is 0 Å². The Kier molecular flexibility index (Phi) is 4.24. The van der Waals surface area contributed by atoms with Crippen molar-refractivity contribution in [1.82, 2.24) is 9.80 Å². The van der Waals surface area contributed by atoms with Crippen LogP contribution in [0.15, 0.2) is 45.6 Å². The van der Waals surface area contributed by atoms with Crippen molar-refractivity contribution in [2.45, 2.75) is 12.1 Å². The summed E-state index contributed by atoms with van der Waals surface area (Å²) in [6.45, 7) is 2.82. The van der Waals surface area contributed by atoms with Crippen LogP contribution in [-0.2, 0) is 0 Å². The fraction of sp³-hybridized carbons (Fsp3) is 0.375. The van der Waals surface area contributed by atoms with Crippen LogP contribution in [0.3, 0.4) is 0 Å². The van der Waals surface area contributed by atoms with E-state index in [9.17, 15) is 10.5 Å². The smallest absolute Gasteiger partial charge is 0.156 e. The molecule has 1 aliphatic heterocycles. The topological polar surface area (TPSA) is 80.3 Å². The molecular formula is C16H16N4O2. The molecule has 6 heteroatoms. The zero-order valence-electron chi connectivity index (χ0n) is 12.1. The molecule has 0 amide bonds. The zero-order valence-corrected chi connectivity index (χ0v) is 12.1. The number of hydrogen-bond acceptors (Lipinski definition) is 6. The van der Waals surface area contributed by atoms with Gasteiger partial charge in [0.15, 0.2) is 12.1 Å². The normalized spacial score (nSPS) is 19.2. The van der Waals surface area contributed by atoms with Crippen molar-refractivity contribution in [2.75, 3.05) is 26.2 Å². The molecule has 1 aliphatic rings. The zero-order chi connectivity index (χ0) is 15.4. The van der Waals surface area contributed by atoms with Crippen LogP contribution in [0.1, 0.15) is 23.6 Å². The van der Waals surface area contributed by atoms with Gasteiger partial charge in [-0.3, -0.25) is 9.80 Å². The summed E-state index contributed by atoms with van der Waals surface area (Å²) in [5, 5.41) is 18.8. The lowest BCUT2D eigenvalue weighted by atomic mass is 10.1. The molecule has 112 valence electrons. The molecule has 0 saturated carbocycles. The molecule has 2 atom stereocenters. The van der Waals surface area contributed by atoms with Crippen LogP contribution in [0, 0.1) is 22.7 Å². The van der Waals surface area contributed by atoms with Gasteiger partial charge < -0.3 is 8.83 Å². The first kappa shape index (κ1) is 14.4. The highest BCUT2D eigenvalue weighted by atomic mass is 16.3. The first-order valence-corrected chi connectivity index (χ1v) is 7.17. The Bertz CT molecular complexity index is 598. The molecule has 0 bridgehead atoms. The summed E-state index contributed by atoms with van der Waals surface area (Å²) in [7, 11) is 0. The highest BCUT2D eigenvalue weighted by Crippen LogP contribution is 2.26. The molecule has 3 heterocycles. The van der Waals surface area contributed by atoms with Crippen molar-refractivity contribution in [2.24, 2.45) is 0 Å². The summed E-state index contributed by atoms with van der Waals surface area (Å²) in [6.07, 6.45) is 3.16. The van der Waals surface area contributed by atoms with Gasteiger partial charge in [0.2, 0.25) is 0 Å². The van der Waals surface area contributed by atoms with Crippen LogP contribution in [0.5, 0.6) is 0 Å². The fourth-order valence-electron chi connectivity index (χ4n) is 2.80. The minimum Gasteiger partial charge on any atom is -0.467 e. The molecule has 3 rings (SSSR count). The van der Waals surface area contributed by atoms with Crippen molar-refractivity contribution < 1.29 is 8.83 Å². The monoisotopic (exact) mass is 296 g/mol. The SMILES string of the molecule is N#CC(c1ccco1)N1CCN(C(C#N)c2ccco2)CC1. The largest absolute Gasteiger partial charge is 0.467 e. The van der Waals surface area contributed by atoms with Gasteiger partial charge in [-0.05, 0) is 24.3 Å². The molecule has 22 heavy (non-hydrogen) atoms. The third kappa shape index (κ3) is 2.75. The third-order valence-electron chi connectivity index (χ3n) is 3.95. The lowest BCUT2D eigenvalue weighted by molar-refractivity contribution is 0.0857. The van der Waals surface area contributed by atoms with Crippen molar-refractivity contribution in [3.05, 3.63) is 48.3 Å². The second kappa shape index (κ2) is 6.48. The molecular weight excluding hydrogens is 280 g/mol. The summed E-state index contributed by atoms with van der Waals surface area (Å²) in [6, 6.07) is 11.1. The van der Waals surface area contributed by atoms with Crippen molar-refractivity contribution in [1.29, 1.82) is 10.5 Å². The molecule has 6 nitrogen and oxygen atoms in total. The lowest BCUT2D eigenvalue weighted by Gasteiger charge is -2.37. The number of nitrogens with zero attached hydrogens (tertiary/aromatic N) is 4. The Labute approximate surface area is 128 Å². The van der Waals surface area contributed by atoms with E-state index in [1.165, 1.54) is 0 Å². The average molecular weight is 296 g/mol. The van der Waals surface area contributed by atoms with Gasteiger partial charge in [0, 0.05) is 26.2 Å². The van der Waals surface area contributed by atoms with Crippen LogP contribution < -0.4 is 0 Å². The Morgan fingerprint density at radius 2 is 1.23 bits per heavy atom. The number of nitriles is 2. The highest BCUT2D eigenvalue weighted by Gasteiger charge is 2.31.